The third-order valence-electron chi connectivity index (χ3n) is 6.00. The van der Waals surface area contributed by atoms with Crippen molar-refractivity contribution in [2.24, 2.45) is 0 Å². The minimum atomic E-state index is -3.83. The third kappa shape index (κ3) is 8.70. The number of ether oxygens (including phenoxy) is 1. The number of rotatable bonds is 13. The zero-order chi connectivity index (χ0) is 27.8. The van der Waals surface area contributed by atoms with Gasteiger partial charge in [0, 0.05) is 31.6 Å². The van der Waals surface area contributed by atoms with Crippen molar-refractivity contribution in [2.45, 2.75) is 58.7 Å². The Kier molecular flexibility index (Phi) is 10.8. The fourth-order valence-corrected chi connectivity index (χ4v) is 4.62. The van der Waals surface area contributed by atoms with E-state index in [9.17, 15) is 26.8 Å². The van der Waals surface area contributed by atoms with Gasteiger partial charge >= 0.3 is 0 Å². The summed E-state index contributed by atoms with van der Waals surface area (Å²) in [6.07, 6.45) is 1.71. The second-order valence-electron chi connectivity index (χ2n) is 8.90. The quantitative estimate of drug-likeness (QED) is 0.417. The summed E-state index contributed by atoms with van der Waals surface area (Å²) in [6.45, 7) is 5.46. The molecule has 0 fully saturated rings. The molecule has 0 radical (unpaired) electrons. The van der Waals surface area contributed by atoms with Gasteiger partial charge in [-0.1, -0.05) is 19.1 Å². The first-order chi connectivity index (χ1) is 17.4. The highest BCUT2D eigenvalue weighted by Crippen LogP contribution is 2.22. The van der Waals surface area contributed by atoms with Gasteiger partial charge in [-0.15, -0.1) is 0 Å². The van der Waals surface area contributed by atoms with Crippen molar-refractivity contribution in [1.29, 1.82) is 0 Å². The Bertz CT molecular complexity index is 1190. The number of hydrogen-bond acceptors (Lipinski definition) is 5. The van der Waals surface area contributed by atoms with Crippen LogP contribution in [0.3, 0.4) is 0 Å². The first-order valence-corrected chi connectivity index (χ1v) is 13.9. The normalized spacial score (nSPS) is 12.9. The minimum Gasteiger partial charge on any atom is -0.497 e. The maximum atomic E-state index is 13.7. The predicted molar refractivity (Wildman–Crippen MR) is 139 cm³/mol. The van der Waals surface area contributed by atoms with E-state index in [2.05, 4.69) is 5.32 Å². The maximum absolute atomic E-state index is 13.7. The van der Waals surface area contributed by atoms with Crippen molar-refractivity contribution in [3.63, 3.8) is 0 Å². The standard InChI is InChI=1S/C26H35F2N3O5S/c1-6-18(2)29-26(33)19(3)30(17-20-9-7-10-22(15-20)36-4)25(32)11-8-14-31(37(5,34)35)21-12-13-23(27)24(28)16-21/h7,9-10,12-13,15-16,18-19H,6,8,11,14,17H2,1-5H3,(H,29,33)/t18-,19+/m1/s1. The molecule has 0 unspecified atom stereocenters. The van der Waals surface area contributed by atoms with Crippen LogP contribution in [0.4, 0.5) is 14.5 Å². The van der Waals surface area contributed by atoms with Crippen molar-refractivity contribution < 1.29 is 31.5 Å². The molecule has 0 saturated heterocycles. The predicted octanol–water partition coefficient (Wildman–Crippen LogP) is 3.85. The lowest BCUT2D eigenvalue weighted by Crippen LogP contribution is -2.49. The van der Waals surface area contributed by atoms with Crippen molar-refractivity contribution >= 4 is 27.5 Å². The van der Waals surface area contributed by atoms with Gasteiger partial charge in [0.2, 0.25) is 21.8 Å². The molecule has 11 heteroatoms. The minimum absolute atomic E-state index is 0.0385. The Morgan fingerprint density at radius 3 is 2.38 bits per heavy atom. The van der Waals surface area contributed by atoms with Gasteiger partial charge in [0.05, 0.1) is 19.1 Å². The van der Waals surface area contributed by atoms with Crippen LogP contribution in [-0.2, 0) is 26.2 Å². The molecule has 2 rings (SSSR count). The van der Waals surface area contributed by atoms with Crippen molar-refractivity contribution in [3.8, 4) is 5.75 Å². The van der Waals surface area contributed by atoms with Crippen LogP contribution in [0.2, 0.25) is 0 Å². The molecule has 0 aliphatic heterocycles. The number of amides is 2. The zero-order valence-corrected chi connectivity index (χ0v) is 22.6. The molecule has 204 valence electrons. The molecular weight excluding hydrogens is 504 g/mol. The van der Waals surface area contributed by atoms with Gasteiger partial charge in [0.15, 0.2) is 11.6 Å². The van der Waals surface area contributed by atoms with Gasteiger partial charge in [-0.05, 0) is 56.5 Å². The molecule has 2 atom stereocenters. The van der Waals surface area contributed by atoms with Crippen LogP contribution in [0, 0.1) is 11.6 Å². The molecular formula is C26H35F2N3O5S. The average Bonchev–Trinajstić information content (AvgIpc) is 2.85. The topological polar surface area (TPSA) is 96.0 Å². The number of halogens is 2. The van der Waals surface area contributed by atoms with Crippen LogP contribution in [0.1, 0.15) is 45.6 Å². The summed E-state index contributed by atoms with van der Waals surface area (Å²) < 4.78 is 57.9. The molecule has 0 saturated carbocycles. The monoisotopic (exact) mass is 539 g/mol. The summed E-state index contributed by atoms with van der Waals surface area (Å²) in [4.78, 5) is 27.6. The lowest BCUT2D eigenvalue weighted by atomic mass is 10.1. The van der Waals surface area contributed by atoms with E-state index in [0.717, 1.165) is 40.7 Å². The lowest BCUT2D eigenvalue weighted by Gasteiger charge is -2.30. The van der Waals surface area contributed by atoms with Gasteiger partial charge in [-0.2, -0.15) is 0 Å². The van der Waals surface area contributed by atoms with Crippen molar-refractivity contribution in [3.05, 3.63) is 59.7 Å². The third-order valence-corrected chi connectivity index (χ3v) is 7.19. The number of carbonyl (C=O) groups is 2. The van der Waals surface area contributed by atoms with Crippen LogP contribution in [0.15, 0.2) is 42.5 Å². The average molecular weight is 540 g/mol. The summed E-state index contributed by atoms with van der Waals surface area (Å²) in [5, 5.41) is 2.89. The number of anilines is 1. The number of carbonyl (C=O) groups excluding carboxylic acids is 2. The lowest BCUT2D eigenvalue weighted by molar-refractivity contribution is -0.140. The summed E-state index contributed by atoms with van der Waals surface area (Å²) in [5.41, 5.74) is 0.721. The van der Waals surface area contributed by atoms with Gasteiger partial charge < -0.3 is 15.0 Å². The first kappa shape index (κ1) is 30.0. The highest BCUT2D eigenvalue weighted by atomic mass is 32.2. The number of methoxy groups -OCH3 is 1. The van der Waals surface area contributed by atoms with Crippen molar-refractivity contribution in [2.75, 3.05) is 24.2 Å². The summed E-state index contributed by atoms with van der Waals surface area (Å²) in [6, 6.07) is 9.10. The number of hydrogen-bond donors (Lipinski definition) is 1. The maximum Gasteiger partial charge on any atom is 0.242 e. The molecule has 2 aromatic rings. The Morgan fingerprint density at radius 2 is 1.78 bits per heavy atom. The zero-order valence-electron chi connectivity index (χ0n) is 21.8. The van der Waals surface area contributed by atoms with E-state index in [1.54, 1.807) is 25.1 Å². The first-order valence-electron chi connectivity index (χ1n) is 12.0. The van der Waals surface area contributed by atoms with E-state index in [0.29, 0.717) is 5.75 Å². The fourth-order valence-electron chi connectivity index (χ4n) is 3.66. The molecule has 0 heterocycles. The molecule has 1 N–H and O–H groups in total. The van der Waals surface area contributed by atoms with E-state index in [4.69, 9.17) is 4.74 Å². The van der Waals surface area contributed by atoms with Gasteiger partial charge in [-0.3, -0.25) is 13.9 Å². The summed E-state index contributed by atoms with van der Waals surface area (Å²) in [5.74, 6) is -2.31. The van der Waals surface area contributed by atoms with Crippen molar-refractivity contribution in [1.82, 2.24) is 10.2 Å². The van der Waals surface area contributed by atoms with Gasteiger partial charge in [-0.25, -0.2) is 17.2 Å². The van der Waals surface area contributed by atoms with Gasteiger partial charge in [0.25, 0.3) is 0 Å². The van der Waals surface area contributed by atoms with E-state index < -0.39 is 27.7 Å². The Hall–Kier alpha value is -3.21. The van der Waals surface area contributed by atoms with Crippen LogP contribution < -0.4 is 14.4 Å². The molecule has 0 aliphatic rings. The second-order valence-corrected chi connectivity index (χ2v) is 10.8. The van der Waals surface area contributed by atoms with E-state index >= 15 is 0 Å². The van der Waals surface area contributed by atoms with Crippen LogP contribution in [-0.4, -0.2) is 57.1 Å². The SMILES string of the molecule is CC[C@@H](C)NC(=O)[C@H](C)N(Cc1cccc(OC)c1)C(=O)CCCN(c1ccc(F)c(F)c1)S(C)(=O)=O. The Labute approximate surface area is 217 Å². The number of nitrogens with one attached hydrogen (secondary N) is 1. The Balaban J connectivity index is 2.21. The van der Waals surface area contributed by atoms with Crippen LogP contribution in [0.25, 0.3) is 0 Å². The Morgan fingerprint density at radius 1 is 1.08 bits per heavy atom. The number of benzene rings is 2. The molecule has 2 amide bonds. The molecule has 2 aromatic carbocycles. The van der Waals surface area contributed by atoms with E-state index in [1.165, 1.54) is 12.0 Å². The molecule has 0 aliphatic carbocycles. The highest BCUT2D eigenvalue weighted by molar-refractivity contribution is 7.92. The summed E-state index contributed by atoms with van der Waals surface area (Å²) >= 11 is 0. The van der Waals surface area contributed by atoms with Gasteiger partial charge in [0.1, 0.15) is 11.8 Å². The molecule has 0 bridgehead atoms. The molecule has 37 heavy (non-hydrogen) atoms. The number of sulfonamides is 1. The van der Waals surface area contributed by atoms with E-state index in [-0.39, 0.29) is 49.5 Å². The number of nitrogens with zero attached hydrogens (tertiary/aromatic N) is 2. The summed E-state index contributed by atoms with van der Waals surface area (Å²) in [7, 11) is -2.29. The molecule has 0 aromatic heterocycles. The van der Waals surface area contributed by atoms with E-state index in [1.807, 2.05) is 19.9 Å². The molecule has 0 spiro atoms. The van der Waals surface area contributed by atoms with Crippen LogP contribution >= 0.6 is 0 Å². The van der Waals surface area contributed by atoms with Crippen LogP contribution in [0.5, 0.6) is 5.75 Å². The fraction of sp³-hybridized carbons (Fsp3) is 0.462. The highest BCUT2D eigenvalue weighted by Gasteiger charge is 2.27. The second kappa shape index (κ2) is 13.4. The largest absolute Gasteiger partial charge is 0.497 e. The molecule has 8 nitrogen and oxygen atoms in total. The smallest absolute Gasteiger partial charge is 0.242 e.